The molecule has 1 aliphatic rings. The monoisotopic (exact) mass is 254 g/mol. The number of likely N-dealkylation sites (N-methyl/N-ethyl adjacent to an activating group) is 1. The third-order valence-corrected chi connectivity index (χ3v) is 4.00. The van der Waals surface area contributed by atoms with Gasteiger partial charge in [-0.1, -0.05) is 42.5 Å². The van der Waals surface area contributed by atoms with Crippen LogP contribution >= 0.6 is 0 Å². The summed E-state index contributed by atoms with van der Waals surface area (Å²) < 4.78 is 0. The summed E-state index contributed by atoms with van der Waals surface area (Å²) in [7, 11) is 2.18. The van der Waals surface area contributed by atoms with Crippen molar-refractivity contribution in [2.75, 3.05) is 20.1 Å². The quantitative estimate of drug-likeness (QED) is 0.888. The van der Waals surface area contributed by atoms with E-state index in [0.717, 1.165) is 12.5 Å². The number of nitrogens with zero attached hydrogens (tertiary/aromatic N) is 1. The van der Waals surface area contributed by atoms with Crippen LogP contribution < -0.4 is 5.73 Å². The van der Waals surface area contributed by atoms with Crippen LogP contribution in [0.1, 0.15) is 24.4 Å². The zero-order valence-electron chi connectivity index (χ0n) is 11.5. The molecule has 1 fully saturated rings. The molecule has 0 radical (unpaired) electrons. The highest BCUT2D eigenvalue weighted by atomic mass is 15.1. The van der Waals surface area contributed by atoms with Gasteiger partial charge in [0, 0.05) is 19.1 Å². The van der Waals surface area contributed by atoms with E-state index < -0.39 is 0 Å². The zero-order valence-corrected chi connectivity index (χ0v) is 11.5. The average molecular weight is 254 g/mol. The minimum absolute atomic E-state index is 0.0925. The highest BCUT2D eigenvalue weighted by Crippen LogP contribution is 2.30. The lowest BCUT2D eigenvalue weighted by molar-refractivity contribution is 0.301. The van der Waals surface area contributed by atoms with E-state index in [9.17, 15) is 0 Å². The molecule has 1 aliphatic carbocycles. The van der Waals surface area contributed by atoms with Crippen molar-refractivity contribution in [2.45, 2.75) is 18.9 Å². The maximum absolute atomic E-state index is 6.42. The first-order chi connectivity index (χ1) is 9.24. The van der Waals surface area contributed by atoms with Crippen molar-refractivity contribution >= 4 is 10.8 Å². The van der Waals surface area contributed by atoms with Crippen LogP contribution in [0.2, 0.25) is 0 Å². The molecule has 0 aromatic heterocycles. The van der Waals surface area contributed by atoms with Crippen molar-refractivity contribution < 1.29 is 0 Å². The lowest BCUT2D eigenvalue weighted by atomic mass is 9.99. The molecule has 2 aromatic rings. The van der Waals surface area contributed by atoms with Crippen LogP contribution in [0.3, 0.4) is 0 Å². The van der Waals surface area contributed by atoms with E-state index in [1.54, 1.807) is 0 Å². The minimum Gasteiger partial charge on any atom is -0.323 e. The average Bonchev–Trinajstić information content (AvgIpc) is 3.21. The Morgan fingerprint density at radius 2 is 1.89 bits per heavy atom. The molecule has 2 N–H and O–H groups in total. The Hall–Kier alpha value is -1.38. The Morgan fingerprint density at radius 1 is 1.16 bits per heavy atom. The molecule has 1 saturated carbocycles. The molecular weight excluding hydrogens is 232 g/mol. The van der Waals surface area contributed by atoms with Gasteiger partial charge in [0.1, 0.15) is 0 Å². The van der Waals surface area contributed by atoms with Crippen molar-refractivity contribution in [3.05, 3.63) is 48.0 Å². The Labute approximate surface area is 115 Å². The predicted molar refractivity (Wildman–Crippen MR) is 81.1 cm³/mol. The number of fused-ring (bicyclic) bond motifs is 1. The summed E-state index contributed by atoms with van der Waals surface area (Å²) in [6, 6.07) is 15.0. The third-order valence-electron chi connectivity index (χ3n) is 4.00. The van der Waals surface area contributed by atoms with Gasteiger partial charge in [-0.05, 0) is 42.1 Å². The Balaban J connectivity index is 1.78. The van der Waals surface area contributed by atoms with Gasteiger partial charge in [0.2, 0.25) is 0 Å². The van der Waals surface area contributed by atoms with E-state index in [-0.39, 0.29) is 6.04 Å². The van der Waals surface area contributed by atoms with E-state index in [0.29, 0.717) is 0 Å². The Morgan fingerprint density at radius 3 is 2.68 bits per heavy atom. The van der Waals surface area contributed by atoms with Crippen LogP contribution in [0.4, 0.5) is 0 Å². The molecule has 0 bridgehead atoms. The molecular formula is C17H22N2. The number of rotatable bonds is 5. The molecule has 3 rings (SSSR count). The van der Waals surface area contributed by atoms with E-state index in [2.05, 4.69) is 54.4 Å². The van der Waals surface area contributed by atoms with Gasteiger partial charge < -0.3 is 10.6 Å². The van der Waals surface area contributed by atoms with Gasteiger partial charge in [-0.25, -0.2) is 0 Å². The highest BCUT2D eigenvalue weighted by molar-refractivity contribution is 5.86. The van der Waals surface area contributed by atoms with E-state index in [4.69, 9.17) is 5.73 Å². The first kappa shape index (κ1) is 12.6. The van der Waals surface area contributed by atoms with Gasteiger partial charge >= 0.3 is 0 Å². The Bertz CT molecular complexity index is 555. The maximum Gasteiger partial charge on any atom is 0.0430 e. The summed E-state index contributed by atoms with van der Waals surface area (Å²) >= 11 is 0. The van der Waals surface area contributed by atoms with Gasteiger partial charge in [0.15, 0.2) is 0 Å². The molecule has 100 valence electrons. The summed E-state index contributed by atoms with van der Waals surface area (Å²) in [5.74, 6) is 0.921. The summed E-state index contributed by atoms with van der Waals surface area (Å²) in [5.41, 5.74) is 7.68. The topological polar surface area (TPSA) is 29.3 Å². The van der Waals surface area contributed by atoms with Gasteiger partial charge in [-0.2, -0.15) is 0 Å². The van der Waals surface area contributed by atoms with Crippen molar-refractivity contribution in [1.82, 2.24) is 4.90 Å². The molecule has 0 amide bonds. The van der Waals surface area contributed by atoms with Crippen LogP contribution in [0.15, 0.2) is 42.5 Å². The minimum atomic E-state index is 0.0925. The fourth-order valence-electron chi connectivity index (χ4n) is 2.82. The van der Waals surface area contributed by atoms with Crippen LogP contribution in [-0.4, -0.2) is 25.0 Å². The highest BCUT2D eigenvalue weighted by Gasteiger charge is 2.23. The summed E-state index contributed by atoms with van der Waals surface area (Å²) in [6.45, 7) is 2.13. The lowest BCUT2D eigenvalue weighted by Crippen LogP contribution is -2.30. The SMILES string of the molecule is CN(CC1CC1)CC(N)c1cccc2ccccc12. The van der Waals surface area contributed by atoms with E-state index >= 15 is 0 Å². The normalized spacial score (nSPS) is 17.0. The lowest BCUT2D eigenvalue weighted by Gasteiger charge is -2.22. The maximum atomic E-state index is 6.42. The number of nitrogens with two attached hydrogens (primary N) is 1. The van der Waals surface area contributed by atoms with Crippen LogP contribution in [-0.2, 0) is 0 Å². The molecule has 0 heterocycles. The fourth-order valence-corrected chi connectivity index (χ4v) is 2.82. The second kappa shape index (κ2) is 5.32. The molecule has 2 nitrogen and oxygen atoms in total. The van der Waals surface area contributed by atoms with Gasteiger partial charge in [0.05, 0.1) is 0 Å². The number of hydrogen-bond donors (Lipinski definition) is 1. The van der Waals surface area contributed by atoms with Crippen molar-refractivity contribution in [3.63, 3.8) is 0 Å². The first-order valence-electron chi connectivity index (χ1n) is 7.16. The molecule has 1 unspecified atom stereocenters. The van der Waals surface area contributed by atoms with Crippen LogP contribution in [0.5, 0.6) is 0 Å². The van der Waals surface area contributed by atoms with E-state index in [1.807, 2.05) is 0 Å². The molecule has 1 atom stereocenters. The van der Waals surface area contributed by atoms with Crippen molar-refractivity contribution in [3.8, 4) is 0 Å². The summed E-state index contributed by atoms with van der Waals surface area (Å²) in [5, 5.41) is 2.57. The van der Waals surface area contributed by atoms with Crippen LogP contribution in [0.25, 0.3) is 10.8 Å². The number of hydrogen-bond acceptors (Lipinski definition) is 2. The summed E-state index contributed by atoms with van der Waals surface area (Å²) in [6.07, 6.45) is 2.79. The fraction of sp³-hybridized carbons (Fsp3) is 0.412. The summed E-state index contributed by atoms with van der Waals surface area (Å²) in [4.78, 5) is 2.38. The molecule has 19 heavy (non-hydrogen) atoms. The van der Waals surface area contributed by atoms with Gasteiger partial charge in [0.25, 0.3) is 0 Å². The molecule has 2 aromatic carbocycles. The Kier molecular flexibility index (Phi) is 3.54. The van der Waals surface area contributed by atoms with E-state index in [1.165, 1.54) is 35.7 Å². The van der Waals surface area contributed by atoms with Gasteiger partial charge in [-0.3, -0.25) is 0 Å². The second-order valence-corrected chi connectivity index (χ2v) is 5.84. The van der Waals surface area contributed by atoms with Crippen molar-refractivity contribution in [2.24, 2.45) is 11.7 Å². The molecule has 0 saturated heterocycles. The van der Waals surface area contributed by atoms with Gasteiger partial charge in [-0.15, -0.1) is 0 Å². The second-order valence-electron chi connectivity index (χ2n) is 5.84. The smallest absolute Gasteiger partial charge is 0.0430 e. The first-order valence-corrected chi connectivity index (χ1v) is 7.16. The molecule has 0 aliphatic heterocycles. The van der Waals surface area contributed by atoms with Crippen molar-refractivity contribution in [1.29, 1.82) is 0 Å². The molecule has 2 heteroatoms. The largest absolute Gasteiger partial charge is 0.323 e. The number of benzene rings is 2. The van der Waals surface area contributed by atoms with Crippen LogP contribution in [0, 0.1) is 5.92 Å². The third kappa shape index (κ3) is 2.96. The molecule has 0 spiro atoms. The predicted octanol–water partition coefficient (Wildman–Crippen LogP) is 3.18. The standard InChI is InChI=1S/C17H22N2/c1-19(11-13-9-10-13)12-17(18)16-8-4-6-14-5-2-3-7-15(14)16/h2-8,13,17H,9-12,18H2,1H3. The zero-order chi connectivity index (χ0) is 13.2.